The van der Waals surface area contributed by atoms with E-state index in [1.807, 2.05) is 50.2 Å². The number of carbonyl (C=O) groups is 2. The van der Waals surface area contributed by atoms with Crippen LogP contribution < -0.4 is 10.9 Å². The SMILES string of the molecule is Cc1ccc(C2(C)NC(=O)N(Cc3cc(=O)oc4cc(C)ccc34)C2=O)cc1. The molecule has 28 heavy (non-hydrogen) atoms. The van der Waals surface area contributed by atoms with E-state index in [9.17, 15) is 14.4 Å². The molecular weight excluding hydrogens is 356 g/mol. The minimum atomic E-state index is -1.14. The lowest BCUT2D eigenvalue weighted by molar-refractivity contribution is -0.131. The van der Waals surface area contributed by atoms with Gasteiger partial charge in [-0.2, -0.15) is 0 Å². The third-order valence-electron chi connectivity index (χ3n) is 5.22. The Labute approximate surface area is 161 Å². The molecule has 6 heteroatoms. The van der Waals surface area contributed by atoms with Gasteiger partial charge in [-0.3, -0.25) is 9.69 Å². The molecule has 4 rings (SSSR count). The highest BCUT2D eigenvalue weighted by Gasteiger charge is 2.48. The van der Waals surface area contributed by atoms with Crippen LogP contribution in [0.2, 0.25) is 0 Å². The summed E-state index contributed by atoms with van der Waals surface area (Å²) in [5.41, 5.74) is 2.09. The molecule has 0 spiro atoms. The molecule has 0 radical (unpaired) electrons. The van der Waals surface area contributed by atoms with Gasteiger partial charge in [-0.15, -0.1) is 0 Å². The van der Waals surface area contributed by atoms with E-state index in [4.69, 9.17) is 4.42 Å². The Balaban J connectivity index is 1.72. The number of carbonyl (C=O) groups excluding carboxylic acids is 2. The standard InChI is InChI=1S/C22H20N2O4/c1-13-4-7-16(8-5-13)22(3)20(26)24(21(27)23-22)12-15-11-19(25)28-18-10-14(2)6-9-17(15)18/h4-11H,12H2,1-3H3,(H,23,27). The number of amides is 3. The maximum atomic E-state index is 13.1. The zero-order valence-electron chi connectivity index (χ0n) is 15.9. The Morgan fingerprint density at radius 3 is 2.36 bits per heavy atom. The number of fused-ring (bicyclic) bond motifs is 1. The van der Waals surface area contributed by atoms with Crippen molar-refractivity contribution in [1.29, 1.82) is 0 Å². The van der Waals surface area contributed by atoms with Gasteiger partial charge in [0.25, 0.3) is 5.91 Å². The number of nitrogens with one attached hydrogen (secondary N) is 1. The van der Waals surface area contributed by atoms with Gasteiger partial charge in [0.1, 0.15) is 11.1 Å². The number of urea groups is 1. The van der Waals surface area contributed by atoms with Crippen LogP contribution in [0.4, 0.5) is 4.79 Å². The van der Waals surface area contributed by atoms with Crippen LogP contribution in [0.5, 0.6) is 0 Å². The van der Waals surface area contributed by atoms with Gasteiger partial charge in [-0.1, -0.05) is 42.0 Å². The molecule has 1 aliphatic heterocycles. The quantitative estimate of drug-likeness (QED) is 0.561. The molecular formula is C22H20N2O4. The summed E-state index contributed by atoms with van der Waals surface area (Å²) in [5, 5.41) is 3.50. The molecule has 0 bridgehead atoms. The summed E-state index contributed by atoms with van der Waals surface area (Å²) in [5.74, 6) is -0.352. The average molecular weight is 376 g/mol. The summed E-state index contributed by atoms with van der Waals surface area (Å²) in [6, 6.07) is 13.8. The first-order valence-corrected chi connectivity index (χ1v) is 9.02. The smallest absolute Gasteiger partial charge is 0.336 e. The Kier molecular flexibility index (Phi) is 4.07. The van der Waals surface area contributed by atoms with Gasteiger partial charge >= 0.3 is 11.7 Å². The van der Waals surface area contributed by atoms with Crippen molar-refractivity contribution in [2.75, 3.05) is 0 Å². The number of aryl methyl sites for hydroxylation is 2. The summed E-state index contributed by atoms with van der Waals surface area (Å²) in [7, 11) is 0. The normalized spacial score (nSPS) is 19.3. The third-order valence-corrected chi connectivity index (χ3v) is 5.22. The minimum Gasteiger partial charge on any atom is -0.423 e. The van der Waals surface area contributed by atoms with Gasteiger partial charge < -0.3 is 9.73 Å². The Hall–Kier alpha value is -3.41. The molecule has 3 amide bonds. The summed E-state index contributed by atoms with van der Waals surface area (Å²) in [6.07, 6.45) is 0. The maximum Gasteiger partial charge on any atom is 0.336 e. The lowest BCUT2D eigenvalue weighted by atomic mass is 9.91. The summed E-state index contributed by atoms with van der Waals surface area (Å²) < 4.78 is 5.26. The van der Waals surface area contributed by atoms with Crippen LogP contribution in [0.3, 0.4) is 0 Å². The second-order valence-electron chi connectivity index (χ2n) is 7.40. The molecule has 0 aliphatic carbocycles. The van der Waals surface area contributed by atoms with Crippen molar-refractivity contribution in [2.45, 2.75) is 32.9 Å². The summed E-state index contributed by atoms with van der Waals surface area (Å²) >= 11 is 0. The Morgan fingerprint density at radius 1 is 0.964 bits per heavy atom. The number of imide groups is 1. The van der Waals surface area contributed by atoms with E-state index in [0.717, 1.165) is 16.0 Å². The number of hydrogen-bond acceptors (Lipinski definition) is 4. The van der Waals surface area contributed by atoms with E-state index in [1.165, 1.54) is 6.07 Å². The van der Waals surface area contributed by atoms with Crippen LogP contribution in [0.1, 0.15) is 29.2 Å². The summed E-state index contributed by atoms with van der Waals surface area (Å²) in [4.78, 5) is 38.9. The highest BCUT2D eigenvalue weighted by atomic mass is 16.4. The lowest BCUT2D eigenvalue weighted by Gasteiger charge is -2.22. The number of nitrogens with zero attached hydrogens (tertiary/aromatic N) is 1. The van der Waals surface area contributed by atoms with E-state index in [2.05, 4.69) is 5.32 Å². The molecule has 142 valence electrons. The fourth-order valence-electron chi connectivity index (χ4n) is 3.56. The van der Waals surface area contributed by atoms with Gasteiger partial charge in [-0.25, -0.2) is 9.59 Å². The second-order valence-corrected chi connectivity index (χ2v) is 7.40. The molecule has 2 heterocycles. The molecule has 1 atom stereocenters. The van der Waals surface area contributed by atoms with Crippen LogP contribution in [0, 0.1) is 13.8 Å². The first-order valence-electron chi connectivity index (χ1n) is 9.02. The molecule has 1 aromatic heterocycles. The van der Waals surface area contributed by atoms with E-state index < -0.39 is 17.2 Å². The van der Waals surface area contributed by atoms with Crippen molar-refractivity contribution in [1.82, 2.24) is 10.2 Å². The highest BCUT2D eigenvalue weighted by molar-refractivity contribution is 6.07. The van der Waals surface area contributed by atoms with Crippen molar-refractivity contribution < 1.29 is 14.0 Å². The van der Waals surface area contributed by atoms with Gasteiger partial charge in [0.15, 0.2) is 0 Å². The molecule has 1 aliphatic rings. The van der Waals surface area contributed by atoms with Gasteiger partial charge in [0, 0.05) is 11.5 Å². The average Bonchev–Trinajstić information content (AvgIpc) is 2.85. The predicted octanol–water partition coefficient (Wildman–Crippen LogP) is 3.38. The van der Waals surface area contributed by atoms with E-state index in [0.29, 0.717) is 22.1 Å². The lowest BCUT2D eigenvalue weighted by Crippen LogP contribution is -2.40. The van der Waals surface area contributed by atoms with Crippen molar-refractivity contribution in [3.05, 3.63) is 81.2 Å². The maximum absolute atomic E-state index is 13.1. The molecule has 1 saturated heterocycles. The largest absolute Gasteiger partial charge is 0.423 e. The van der Waals surface area contributed by atoms with Crippen molar-refractivity contribution in [3.8, 4) is 0 Å². The number of rotatable bonds is 3. The zero-order valence-corrected chi connectivity index (χ0v) is 15.9. The van der Waals surface area contributed by atoms with E-state index in [1.54, 1.807) is 13.0 Å². The van der Waals surface area contributed by atoms with Crippen LogP contribution in [0.25, 0.3) is 11.0 Å². The van der Waals surface area contributed by atoms with Gasteiger partial charge in [0.05, 0.1) is 6.54 Å². The minimum absolute atomic E-state index is 0.00270. The predicted molar refractivity (Wildman–Crippen MR) is 105 cm³/mol. The molecule has 1 unspecified atom stereocenters. The first-order chi connectivity index (χ1) is 13.3. The summed E-state index contributed by atoms with van der Waals surface area (Å²) in [6.45, 7) is 5.55. The topological polar surface area (TPSA) is 79.6 Å². The molecule has 3 aromatic rings. The molecule has 6 nitrogen and oxygen atoms in total. The van der Waals surface area contributed by atoms with Crippen LogP contribution in [-0.4, -0.2) is 16.8 Å². The molecule has 0 saturated carbocycles. The van der Waals surface area contributed by atoms with Gasteiger partial charge in [0.2, 0.25) is 0 Å². The highest BCUT2D eigenvalue weighted by Crippen LogP contribution is 2.31. The molecule has 2 aromatic carbocycles. The second kappa shape index (κ2) is 6.34. The van der Waals surface area contributed by atoms with Crippen molar-refractivity contribution in [3.63, 3.8) is 0 Å². The Morgan fingerprint density at radius 2 is 1.64 bits per heavy atom. The van der Waals surface area contributed by atoms with Crippen LogP contribution in [0.15, 0.2) is 57.7 Å². The van der Waals surface area contributed by atoms with Crippen LogP contribution in [-0.2, 0) is 16.9 Å². The fourth-order valence-corrected chi connectivity index (χ4v) is 3.56. The fraction of sp³-hybridized carbons (Fsp3) is 0.227. The zero-order chi connectivity index (χ0) is 20.1. The molecule has 1 N–H and O–H groups in total. The Bertz CT molecular complexity index is 1160. The van der Waals surface area contributed by atoms with E-state index >= 15 is 0 Å². The first kappa shape index (κ1) is 18.0. The third kappa shape index (κ3) is 2.87. The van der Waals surface area contributed by atoms with Crippen molar-refractivity contribution in [2.24, 2.45) is 0 Å². The molecule has 1 fully saturated rings. The van der Waals surface area contributed by atoms with Crippen molar-refractivity contribution >= 4 is 22.9 Å². The monoisotopic (exact) mass is 376 g/mol. The number of hydrogen-bond donors (Lipinski definition) is 1. The number of benzene rings is 2. The van der Waals surface area contributed by atoms with E-state index in [-0.39, 0.29) is 12.5 Å². The van der Waals surface area contributed by atoms with Crippen LogP contribution >= 0.6 is 0 Å². The van der Waals surface area contributed by atoms with Gasteiger partial charge in [-0.05, 0) is 43.5 Å².